The molecule has 1 aliphatic rings. The lowest BCUT2D eigenvalue weighted by Crippen LogP contribution is -2.41. The molecule has 2 heterocycles. The number of piperidine rings is 1. The van der Waals surface area contributed by atoms with E-state index in [4.69, 9.17) is 4.52 Å². The summed E-state index contributed by atoms with van der Waals surface area (Å²) in [5, 5.41) is 6.52. The Labute approximate surface area is 170 Å². The van der Waals surface area contributed by atoms with Crippen LogP contribution in [-0.2, 0) is 9.59 Å². The smallest absolute Gasteiger partial charge is 0.228 e. The van der Waals surface area contributed by atoms with E-state index >= 15 is 0 Å². The minimum atomic E-state index is -0.160. The average molecular weight is 397 g/mol. The third kappa shape index (κ3) is 5.31. The summed E-state index contributed by atoms with van der Waals surface area (Å²) >= 11 is 0. The number of anilines is 1. The van der Waals surface area contributed by atoms with Gasteiger partial charge in [-0.1, -0.05) is 22.9 Å². The zero-order valence-electron chi connectivity index (χ0n) is 17.2. The lowest BCUT2D eigenvalue weighted by atomic mass is 9.95. The highest BCUT2D eigenvalue weighted by Crippen LogP contribution is 2.21. The Morgan fingerprint density at radius 1 is 1.10 bits per heavy atom. The molecule has 1 aromatic heterocycles. The topological polar surface area (TPSA) is 92.5 Å². The lowest BCUT2D eigenvalue weighted by molar-refractivity contribution is -0.134. The minimum Gasteiger partial charge on any atom is -0.360 e. The van der Waals surface area contributed by atoms with Crippen LogP contribution in [0.4, 0.5) is 5.82 Å². The highest BCUT2D eigenvalue weighted by Gasteiger charge is 2.28. The van der Waals surface area contributed by atoms with Crippen molar-refractivity contribution in [3.63, 3.8) is 0 Å². The van der Waals surface area contributed by atoms with E-state index < -0.39 is 0 Å². The summed E-state index contributed by atoms with van der Waals surface area (Å²) < 4.78 is 4.95. The van der Waals surface area contributed by atoms with Crippen LogP contribution in [0.2, 0.25) is 0 Å². The Morgan fingerprint density at radius 3 is 2.48 bits per heavy atom. The van der Waals surface area contributed by atoms with Crippen molar-refractivity contribution in [3.8, 4) is 0 Å². The molecule has 1 saturated heterocycles. The maximum Gasteiger partial charge on any atom is 0.228 e. The van der Waals surface area contributed by atoms with E-state index in [1.165, 1.54) is 0 Å². The monoisotopic (exact) mass is 397 g/mol. The third-order valence-corrected chi connectivity index (χ3v) is 5.36. The summed E-state index contributed by atoms with van der Waals surface area (Å²) in [4.78, 5) is 39.1. The van der Waals surface area contributed by atoms with Gasteiger partial charge in [0.1, 0.15) is 5.76 Å². The number of likely N-dealkylation sites (tertiary alicyclic amines) is 1. The SMILES string of the molecule is Cc1ccc(C)c(C(=O)CCC(=O)N2CCC(C(=O)Nc3cc(C)on3)CC2)c1. The van der Waals surface area contributed by atoms with Crippen LogP contribution in [-0.4, -0.2) is 40.7 Å². The molecule has 154 valence electrons. The fourth-order valence-electron chi connectivity index (χ4n) is 3.59. The van der Waals surface area contributed by atoms with Gasteiger partial charge in [-0.2, -0.15) is 0 Å². The van der Waals surface area contributed by atoms with Gasteiger partial charge in [0.05, 0.1) is 0 Å². The van der Waals surface area contributed by atoms with E-state index in [0.29, 0.717) is 43.1 Å². The number of carbonyl (C=O) groups is 3. The van der Waals surface area contributed by atoms with Crippen LogP contribution in [0.1, 0.15) is 52.9 Å². The first-order valence-corrected chi connectivity index (χ1v) is 9.96. The number of Topliss-reactive ketones (excluding diaryl/α,β-unsaturated/α-hetero) is 1. The number of benzene rings is 1. The Hall–Kier alpha value is -2.96. The number of carbonyl (C=O) groups excluding carboxylic acids is 3. The van der Waals surface area contributed by atoms with Crippen LogP contribution in [0.25, 0.3) is 0 Å². The van der Waals surface area contributed by atoms with Crippen LogP contribution >= 0.6 is 0 Å². The van der Waals surface area contributed by atoms with Crippen molar-refractivity contribution < 1.29 is 18.9 Å². The minimum absolute atomic E-state index is 0.00304. The van der Waals surface area contributed by atoms with Crippen LogP contribution in [0.3, 0.4) is 0 Å². The summed E-state index contributed by atoms with van der Waals surface area (Å²) in [5.41, 5.74) is 2.66. The van der Waals surface area contributed by atoms with Crippen molar-refractivity contribution in [1.82, 2.24) is 10.1 Å². The molecule has 1 N–H and O–H groups in total. The molecule has 7 nitrogen and oxygen atoms in total. The molecular formula is C22H27N3O4. The van der Waals surface area contributed by atoms with Gasteiger partial charge in [-0.3, -0.25) is 14.4 Å². The van der Waals surface area contributed by atoms with Crippen molar-refractivity contribution in [2.45, 2.75) is 46.5 Å². The Morgan fingerprint density at radius 2 is 1.83 bits per heavy atom. The number of nitrogens with one attached hydrogen (secondary N) is 1. The van der Waals surface area contributed by atoms with Gasteiger partial charge < -0.3 is 14.7 Å². The molecule has 2 amide bonds. The highest BCUT2D eigenvalue weighted by atomic mass is 16.5. The fourth-order valence-corrected chi connectivity index (χ4v) is 3.59. The predicted octanol–water partition coefficient (Wildman–Crippen LogP) is 3.44. The number of amides is 2. The van der Waals surface area contributed by atoms with E-state index in [9.17, 15) is 14.4 Å². The van der Waals surface area contributed by atoms with Gasteiger partial charge in [0.2, 0.25) is 11.8 Å². The zero-order valence-corrected chi connectivity index (χ0v) is 17.2. The van der Waals surface area contributed by atoms with E-state index in [1.54, 1.807) is 17.9 Å². The molecule has 7 heteroatoms. The molecule has 0 saturated carbocycles. The van der Waals surface area contributed by atoms with Gasteiger partial charge >= 0.3 is 0 Å². The average Bonchev–Trinajstić information content (AvgIpc) is 3.12. The van der Waals surface area contributed by atoms with Crippen LogP contribution in [0.15, 0.2) is 28.8 Å². The molecule has 0 atom stereocenters. The Kier molecular flexibility index (Phi) is 6.46. The number of aromatic nitrogens is 1. The molecular weight excluding hydrogens is 370 g/mol. The van der Waals surface area contributed by atoms with Gasteiger partial charge in [0, 0.05) is 43.5 Å². The van der Waals surface area contributed by atoms with E-state index in [0.717, 1.165) is 11.1 Å². The lowest BCUT2D eigenvalue weighted by Gasteiger charge is -2.31. The van der Waals surface area contributed by atoms with Crippen LogP contribution in [0, 0.1) is 26.7 Å². The number of nitrogens with zero attached hydrogens (tertiary/aromatic N) is 2. The van der Waals surface area contributed by atoms with Gasteiger partial charge in [-0.15, -0.1) is 0 Å². The quantitative estimate of drug-likeness (QED) is 0.754. The van der Waals surface area contributed by atoms with E-state index in [-0.39, 0.29) is 36.4 Å². The molecule has 2 aromatic rings. The van der Waals surface area contributed by atoms with Crippen molar-refractivity contribution >= 4 is 23.4 Å². The largest absolute Gasteiger partial charge is 0.360 e. The van der Waals surface area contributed by atoms with Gasteiger partial charge in [-0.25, -0.2) is 0 Å². The maximum absolute atomic E-state index is 12.5. The summed E-state index contributed by atoms with van der Waals surface area (Å²) in [6, 6.07) is 7.45. The van der Waals surface area contributed by atoms with Crippen molar-refractivity contribution in [1.29, 1.82) is 0 Å². The summed E-state index contributed by atoms with van der Waals surface area (Å²) in [5.74, 6) is 0.751. The number of aryl methyl sites for hydroxylation is 3. The normalized spacial score (nSPS) is 14.7. The first-order chi connectivity index (χ1) is 13.8. The standard InChI is InChI=1S/C22H27N3O4/c1-14-4-5-15(2)18(12-14)19(26)6-7-21(27)25-10-8-17(9-11-25)22(28)23-20-13-16(3)29-24-20/h4-5,12-13,17H,6-11H2,1-3H3,(H,23,24,28). The van der Waals surface area contributed by atoms with Gasteiger partial charge in [0.15, 0.2) is 11.6 Å². The Balaban J connectivity index is 1.45. The molecule has 1 aromatic carbocycles. The maximum atomic E-state index is 12.5. The number of ketones is 1. The predicted molar refractivity (Wildman–Crippen MR) is 109 cm³/mol. The van der Waals surface area contributed by atoms with Crippen molar-refractivity contribution in [3.05, 3.63) is 46.7 Å². The van der Waals surface area contributed by atoms with Crippen LogP contribution in [0.5, 0.6) is 0 Å². The summed E-state index contributed by atoms with van der Waals surface area (Å²) in [6.45, 7) is 6.66. The molecule has 3 rings (SSSR count). The summed E-state index contributed by atoms with van der Waals surface area (Å²) in [7, 11) is 0. The second kappa shape index (κ2) is 9.03. The molecule has 1 fully saturated rings. The van der Waals surface area contributed by atoms with E-state index in [2.05, 4.69) is 10.5 Å². The highest BCUT2D eigenvalue weighted by molar-refractivity contribution is 5.99. The molecule has 0 spiro atoms. The molecule has 0 radical (unpaired) electrons. The fraction of sp³-hybridized carbons (Fsp3) is 0.455. The summed E-state index contributed by atoms with van der Waals surface area (Å²) in [6.07, 6.45) is 1.59. The van der Waals surface area contributed by atoms with Gasteiger partial charge in [0.25, 0.3) is 0 Å². The zero-order chi connectivity index (χ0) is 21.0. The molecule has 29 heavy (non-hydrogen) atoms. The molecule has 0 bridgehead atoms. The van der Waals surface area contributed by atoms with E-state index in [1.807, 2.05) is 32.0 Å². The first kappa shape index (κ1) is 20.8. The third-order valence-electron chi connectivity index (χ3n) is 5.36. The van der Waals surface area contributed by atoms with Crippen molar-refractivity contribution in [2.75, 3.05) is 18.4 Å². The van der Waals surface area contributed by atoms with Crippen molar-refractivity contribution in [2.24, 2.45) is 5.92 Å². The van der Waals surface area contributed by atoms with Crippen LogP contribution < -0.4 is 5.32 Å². The molecule has 0 aliphatic carbocycles. The number of hydrogen-bond donors (Lipinski definition) is 1. The second-order valence-electron chi connectivity index (χ2n) is 7.71. The molecule has 0 unspecified atom stereocenters. The second-order valence-corrected chi connectivity index (χ2v) is 7.71. The number of hydrogen-bond acceptors (Lipinski definition) is 5. The number of rotatable bonds is 6. The van der Waals surface area contributed by atoms with Gasteiger partial charge in [-0.05, 0) is 45.2 Å². The Bertz CT molecular complexity index is 911. The molecule has 1 aliphatic heterocycles. The first-order valence-electron chi connectivity index (χ1n) is 9.96.